The van der Waals surface area contributed by atoms with Gasteiger partial charge in [-0.3, -0.25) is 4.79 Å². The van der Waals surface area contributed by atoms with Crippen LogP contribution in [0.1, 0.15) is 35.2 Å². The first-order valence-corrected chi connectivity index (χ1v) is 8.53. The molecule has 1 fully saturated rings. The number of amides is 1. The van der Waals surface area contributed by atoms with E-state index in [0.29, 0.717) is 5.56 Å². The number of rotatable bonds is 3. The van der Waals surface area contributed by atoms with Gasteiger partial charge in [0.05, 0.1) is 4.90 Å². The molecule has 0 bridgehead atoms. The van der Waals surface area contributed by atoms with Gasteiger partial charge >= 0.3 is 0 Å². The first-order valence-electron chi connectivity index (χ1n) is 5.84. The lowest BCUT2D eigenvalue weighted by Gasteiger charge is -2.26. The van der Waals surface area contributed by atoms with Crippen LogP contribution in [0.2, 0.25) is 5.02 Å². The first-order chi connectivity index (χ1) is 8.79. The van der Waals surface area contributed by atoms with E-state index in [9.17, 15) is 13.2 Å². The summed E-state index contributed by atoms with van der Waals surface area (Å²) in [7, 11) is 1.41. The van der Waals surface area contributed by atoms with Crippen LogP contribution in [0.5, 0.6) is 0 Å². The number of hydrogen-bond acceptors (Lipinski definition) is 3. The number of benzene rings is 1. The Hall–Kier alpha value is -0.780. The van der Waals surface area contributed by atoms with Crippen LogP contribution in [0, 0.1) is 6.92 Å². The summed E-state index contributed by atoms with van der Waals surface area (Å²) in [6.07, 6.45) is 3.00. The van der Waals surface area contributed by atoms with Crippen molar-refractivity contribution >= 4 is 37.2 Å². The van der Waals surface area contributed by atoms with E-state index in [1.54, 1.807) is 6.92 Å². The third-order valence-electron chi connectivity index (χ3n) is 3.27. The van der Waals surface area contributed by atoms with E-state index in [-0.39, 0.29) is 27.4 Å². The molecule has 0 heterocycles. The van der Waals surface area contributed by atoms with Crippen LogP contribution in [0.4, 0.5) is 0 Å². The normalized spacial score (nSPS) is 15.9. The van der Waals surface area contributed by atoms with Crippen LogP contribution in [0.25, 0.3) is 0 Å². The van der Waals surface area contributed by atoms with Gasteiger partial charge in [-0.25, -0.2) is 8.42 Å². The summed E-state index contributed by atoms with van der Waals surface area (Å²) in [4.78, 5) is 12.0. The van der Waals surface area contributed by atoms with Crippen LogP contribution in [0.3, 0.4) is 0 Å². The highest BCUT2D eigenvalue weighted by molar-refractivity contribution is 8.13. The predicted octanol–water partition coefficient (Wildman–Crippen LogP) is 2.86. The first kappa shape index (κ1) is 14.6. The summed E-state index contributed by atoms with van der Waals surface area (Å²) in [5.74, 6) is -0.314. The molecule has 1 aromatic carbocycles. The minimum absolute atomic E-state index is 0.125. The van der Waals surface area contributed by atoms with Crippen LogP contribution in [0.15, 0.2) is 17.0 Å². The van der Waals surface area contributed by atoms with Gasteiger partial charge in [0, 0.05) is 27.3 Å². The van der Waals surface area contributed by atoms with Gasteiger partial charge in [0.25, 0.3) is 15.0 Å². The third-order valence-corrected chi connectivity index (χ3v) is 4.94. The molecule has 0 saturated heterocycles. The van der Waals surface area contributed by atoms with E-state index in [4.69, 9.17) is 22.3 Å². The standard InChI is InChI=1S/C12H13Cl2NO3S/c1-7-10(12(16)15-9-3-2-4-9)5-8(13)6-11(7)19(14,17)18/h5-6,9H,2-4H2,1H3,(H,15,16). The fourth-order valence-corrected chi connectivity index (χ4v) is 3.47. The maximum absolute atomic E-state index is 12.1. The molecule has 1 aliphatic carbocycles. The molecule has 1 amide bonds. The zero-order chi connectivity index (χ0) is 14.2. The maximum Gasteiger partial charge on any atom is 0.261 e. The van der Waals surface area contributed by atoms with Gasteiger partial charge < -0.3 is 5.32 Å². The van der Waals surface area contributed by atoms with E-state index in [2.05, 4.69) is 5.32 Å². The van der Waals surface area contributed by atoms with Gasteiger partial charge in [0.15, 0.2) is 0 Å². The van der Waals surface area contributed by atoms with Crippen molar-refractivity contribution in [2.24, 2.45) is 0 Å². The Morgan fingerprint density at radius 2 is 2.00 bits per heavy atom. The van der Waals surface area contributed by atoms with Crippen molar-refractivity contribution < 1.29 is 13.2 Å². The van der Waals surface area contributed by atoms with Crippen LogP contribution < -0.4 is 5.32 Å². The smallest absolute Gasteiger partial charge is 0.261 e. The maximum atomic E-state index is 12.1. The van der Waals surface area contributed by atoms with Crippen molar-refractivity contribution in [3.05, 3.63) is 28.3 Å². The average Bonchev–Trinajstić information content (AvgIpc) is 2.24. The molecular formula is C12H13Cl2NO3S. The molecule has 2 rings (SSSR count). The van der Waals surface area contributed by atoms with Crippen molar-refractivity contribution in [2.45, 2.75) is 37.1 Å². The predicted molar refractivity (Wildman–Crippen MR) is 74.3 cm³/mol. The Morgan fingerprint density at radius 3 is 2.47 bits per heavy atom. The summed E-state index contributed by atoms with van der Waals surface area (Å²) in [6.45, 7) is 1.54. The number of carbonyl (C=O) groups is 1. The van der Waals surface area contributed by atoms with Crippen molar-refractivity contribution in [3.8, 4) is 0 Å². The Kier molecular flexibility index (Phi) is 4.08. The van der Waals surface area contributed by atoms with Gasteiger partial charge in [-0.1, -0.05) is 11.6 Å². The molecule has 19 heavy (non-hydrogen) atoms. The molecular weight excluding hydrogens is 309 g/mol. The molecule has 104 valence electrons. The number of carbonyl (C=O) groups excluding carboxylic acids is 1. The molecule has 0 unspecified atom stereocenters. The lowest BCUT2D eigenvalue weighted by Crippen LogP contribution is -2.39. The second-order valence-corrected chi connectivity index (χ2v) is 7.59. The summed E-state index contributed by atoms with van der Waals surface area (Å²) in [5, 5.41) is 3.01. The quantitative estimate of drug-likeness (QED) is 0.871. The lowest BCUT2D eigenvalue weighted by molar-refractivity contribution is 0.0916. The van der Waals surface area contributed by atoms with Gasteiger partial charge in [-0.05, 0) is 43.9 Å². The summed E-state index contributed by atoms with van der Waals surface area (Å²) in [5.41, 5.74) is 0.565. The fraction of sp³-hybridized carbons (Fsp3) is 0.417. The number of nitrogens with one attached hydrogen (secondary N) is 1. The molecule has 0 radical (unpaired) electrons. The Balaban J connectivity index is 2.39. The van der Waals surface area contributed by atoms with E-state index in [1.165, 1.54) is 12.1 Å². The fourth-order valence-electron chi connectivity index (χ4n) is 1.96. The largest absolute Gasteiger partial charge is 0.349 e. The van der Waals surface area contributed by atoms with Crippen molar-refractivity contribution in [3.63, 3.8) is 0 Å². The highest BCUT2D eigenvalue weighted by Gasteiger charge is 2.24. The van der Waals surface area contributed by atoms with Gasteiger partial charge in [-0.2, -0.15) is 0 Å². The second-order valence-electron chi connectivity index (χ2n) is 4.62. The summed E-state index contributed by atoms with van der Waals surface area (Å²) < 4.78 is 22.9. The van der Waals surface area contributed by atoms with Crippen LogP contribution in [-0.2, 0) is 9.05 Å². The van der Waals surface area contributed by atoms with E-state index in [1.807, 2.05) is 0 Å². The van der Waals surface area contributed by atoms with Crippen LogP contribution >= 0.6 is 22.3 Å². The van der Waals surface area contributed by atoms with Gasteiger partial charge in [-0.15, -0.1) is 0 Å². The summed E-state index contributed by atoms with van der Waals surface area (Å²) in [6, 6.07) is 2.87. The Labute approximate surface area is 121 Å². The molecule has 1 aromatic rings. The van der Waals surface area contributed by atoms with Crippen LogP contribution in [-0.4, -0.2) is 20.4 Å². The molecule has 0 aromatic heterocycles. The molecule has 0 atom stereocenters. The Bertz CT molecular complexity index is 624. The average molecular weight is 322 g/mol. The van der Waals surface area contributed by atoms with E-state index >= 15 is 0 Å². The lowest BCUT2D eigenvalue weighted by atomic mass is 9.92. The minimum Gasteiger partial charge on any atom is -0.349 e. The zero-order valence-electron chi connectivity index (χ0n) is 10.2. The molecule has 1 N–H and O–H groups in total. The van der Waals surface area contributed by atoms with Gasteiger partial charge in [0.2, 0.25) is 0 Å². The second kappa shape index (κ2) is 5.31. The minimum atomic E-state index is -3.92. The molecule has 0 aliphatic heterocycles. The zero-order valence-corrected chi connectivity index (χ0v) is 12.6. The number of hydrogen-bond donors (Lipinski definition) is 1. The topological polar surface area (TPSA) is 63.2 Å². The third kappa shape index (κ3) is 3.22. The van der Waals surface area contributed by atoms with Crippen molar-refractivity contribution in [1.82, 2.24) is 5.32 Å². The Morgan fingerprint density at radius 1 is 1.37 bits per heavy atom. The van der Waals surface area contributed by atoms with Crippen molar-refractivity contribution in [1.29, 1.82) is 0 Å². The highest BCUT2D eigenvalue weighted by atomic mass is 35.7. The van der Waals surface area contributed by atoms with E-state index < -0.39 is 9.05 Å². The molecule has 0 spiro atoms. The van der Waals surface area contributed by atoms with E-state index in [0.717, 1.165) is 19.3 Å². The van der Waals surface area contributed by atoms with Crippen molar-refractivity contribution in [2.75, 3.05) is 0 Å². The SMILES string of the molecule is Cc1c(C(=O)NC2CCC2)cc(Cl)cc1S(=O)(=O)Cl. The molecule has 1 saturated carbocycles. The molecule has 7 heteroatoms. The molecule has 4 nitrogen and oxygen atoms in total. The van der Waals surface area contributed by atoms with Gasteiger partial charge in [0.1, 0.15) is 0 Å². The summed E-state index contributed by atoms with van der Waals surface area (Å²) >= 11 is 5.85. The highest BCUT2D eigenvalue weighted by Crippen LogP contribution is 2.27. The molecule has 1 aliphatic rings. The monoisotopic (exact) mass is 321 g/mol. The number of halogens is 2.